The molecule has 1 nitrogen and oxygen atoms in total. The van der Waals surface area contributed by atoms with E-state index in [2.05, 4.69) is 12.2 Å². The Hall–Kier alpha value is 0.100. The average molecular weight is 239 g/mol. The van der Waals surface area contributed by atoms with Crippen LogP contribution >= 0.6 is 11.8 Å². The molecule has 4 unspecified atom stereocenters. The lowest BCUT2D eigenvalue weighted by Crippen LogP contribution is -2.51. The maximum Gasteiger partial charge on any atom is 0.391 e. The molecule has 0 amide bonds. The molecule has 2 rings (SSSR count). The van der Waals surface area contributed by atoms with Crippen molar-refractivity contribution in [3.05, 3.63) is 0 Å². The van der Waals surface area contributed by atoms with E-state index in [1.54, 1.807) is 11.8 Å². The highest BCUT2D eigenvalue weighted by Crippen LogP contribution is 2.43. The van der Waals surface area contributed by atoms with Crippen molar-refractivity contribution in [3.63, 3.8) is 0 Å². The SMILES string of the molecule is CC1CNC2CCC(C(F)(F)F)CC2S1. The summed E-state index contributed by atoms with van der Waals surface area (Å²) in [6.45, 7) is 3.01. The first-order valence-corrected chi connectivity index (χ1v) is 6.36. The lowest BCUT2D eigenvalue weighted by Gasteiger charge is -2.42. The molecule has 1 heterocycles. The quantitative estimate of drug-likeness (QED) is 0.697. The number of alkyl halides is 3. The topological polar surface area (TPSA) is 12.0 Å². The zero-order chi connectivity index (χ0) is 11.1. The van der Waals surface area contributed by atoms with Crippen molar-refractivity contribution >= 4 is 11.8 Å². The molecule has 2 fully saturated rings. The van der Waals surface area contributed by atoms with Crippen LogP contribution in [-0.4, -0.2) is 29.3 Å². The molecule has 1 N–H and O–H groups in total. The molecular formula is C10H16F3NS. The van der Waals surface area contributed by atoms with Crippen LogP contribution in [0.1, 0.15) is 26.2 Å². The largest absolute Gasteiger partial charge is 0.391 e. The summed E-state index contributed by atoms with van der Waals surface area (Å²) in [6, 6.07) is 0.310. The van der Waals surface area contributed by atoms with E-state index in [0.717, 1.165) is 6.54 Å². The van der Waals surface area contributed by atoms with Crippen LogP contribution in [0.4, 0.5) is 13.2 Å². The second kappa shape index (κ2) is 4.17. The lowest BCUT2D eigenvalue weighted by molar-refractivity contribution is -0.182. The molecule has 0 spiro atoms. The van der Waals surface area contributed by atoms with E-state index in [4.69, 9.17) is 0 Å². The van der Waals surface area contributed by atoms with Gasteiger partial charge in [-0.05, 0) is 19.3 Å². The van der Waals surface area contributed by atoms with Crippen LogP contribution in [0.15, 0.2) is 0 Å². The zero-order valence-corrected chi connectivity index (χ0v) is 9.50. The highest BCUT2D eigenvalue weighted by molar-refractivity contribution is 8.00. The van der Waals surface area contributed by atoms with Crippen molar-refractivity contribution in [1.29, 1.82) is 0 Å². The third-order valence-corrected chi connectivity index (χ3v) is 4.83. The monoisotopic (exact) mass is 239 g/mol. The zero-order valence-electron chi connectivity index (χ0n) is 8.68. The minimum Gasteiger partial charge on any atom is -0.312 e. The highest BCUT2D eigenvalue weighted by atomic mass is 32.2. The van der Waals surface area contributed by atoms with E-state index in [-0.39, 0.29) is 5.25 Å². The summed E-state index contributed by atoms with van der Waals surface area (Å²) < 4.78 is 37.7. The standard InChI is InChI=1S/C10H16F3NS/c1-6-5-14-8-3-2-7(10(11,12)13)4-9(8)15-6/h6-9,14H,2-5H2,1H3. The summed E-state index contributed by atoms with van der Waals surface area (Å²) in [5.41, 5.74) is 0. The van der Waals surface area contributed by atoms with Crippen LogP contribution in [0, 0.1) is 5.92 Å². The van der Waals surface area contributed by atoms with Gasteiger partial charge in [0.05, 0.1) is 5.92 Å². The second-order valence-corrected chi connectivity index (χ2v) is 6.23. The molecule has 0 aromatic heterocycles. The van der Waals surface area contributed by atoms with E-state index in [1.165, 1.54) is 0 Å². The minimum atomic E-state index is -3.99. The number of thioether (sulfide) groups is 1. The molecular weight excluding hydrogens is 223 g/mol. The van der Waals surface area contributed by atoms with Crippen LogP contribution in [0.25, 0.3) is 0 Å². The molecule has 0 aromatic rings. The van der Waals surface area contributed by atoms with Crippen LogP contribution in [0.5, 0.6) is 0 Å². The minimum absolute atomic E-state index is 0.161. The van der Waals surface area contributed by atoms with E-state index >= 15 is 0 Å². The normalized spacial score (nSPS) is 42.4. The summed E-state index contributed by atoms with van der Waals surface area (Å²) >= 11 is 1.73. The fourth-order valence-electron chi connectivity index (χ4n) is 2.47. The lowest BCUT2D eigenvalue weighted by atomic mass is 9.85. The number of halogens is 3. The first kappa shape index (κ1) is 11.6. The molecule has 5 heteroatoms. The van der Waals surface area contributed by atoms with Gasteiger partial charge in [0.15, 0.2) is 0 Å². The van der Waals surface area contributed by atoms with Gasteiger partial charge in [-0.25, -0.2) is 0 Å². The molecule has 4 atom stereocenters. The molecule has 1 aliphatic heterocycles. The Morgan fingerprint density at radius 2 is 2.00 bits per heavy atom. The molecule has 1 saturated heterocycles. The maximum absolute atomic E-state index is 12.6. The van der Waals surface area contributed by atoms with Crippen LogP contribution in [0.3, 0.4) is 0 Å². The predicted octanol–water partition coefficient (Wildman–Crippen LogP) is 2.81. The Balaban J connectivity index is 1.97. The Bertz CT molecular complexity index is 231. The van der Waals surface area contributed by atoms with Crippen molar-refractivity contribution in [3.8, 4) is 0 Å². The van der Waals surface area contributed by atoms with Crippen LogP contribution in [0.2, 0.25) is 0 Å². The molecule has 0 aromatic carbocycles. The Morgan fingerprint density at radius 3 is 2.67 bits per heavy atom. The molecule has 88 valence electrons. The Kier molecular flexibility index (Phi) is 3.22. The van der Waals surface area contributed by atoms with E-state index in [0.29, 0.717) is 30.6 Å². The van der Waals surface area contributed by atoms with Gasteiger partial charge in [-0.3, -0.25) is 0 Å². The number of fused-ring (bicyclic) bond motifs is 1. The fraction of sp³-hybridized carbons (Fsp3) is 1.00. The van der Waals surface area contributed by atoms with Gasteiger partial charge in [-0.2, -0.15) is 24.9 Å². The van der Waals surface area contributed by atoms with Gasteiger partial charge >= 0.3 is 6.18 Å². The van der Waals surface area contributed by atoms with Crippen LogP contribution in [-0.2, 0) is 0 Å². The third kappa shape index (κ3) is 2.61. The van der Waals surface area contributed by atoms with Gasteiger partial charge in [0.1, 0.15) is 0 Å². The van der Waals surface area contributed by atoms with Gasteiger partial charge in [0, 0.05) is 23.1 Å². The number of nitrogens with one attached hydrogen (secondary N) is 1. The number of hydrogen-bond acceptors (Lipinski definition) is 2. The Labute approximate surface area is 92.2 Å². The summed E-state index contributed by atoms with van der Waals surface area (Å²) in [5, 5.41) is 3.96. The van der Waals surface area contributed by atoms with Crippen molar-refractivity contribution in [2.75, 3.05) is 6.54 Å². The first-order valence-electron chi connectivity index (χ1n) is 5.42. The molecule has 1 aliphatic carbocycles. The van der Waals surface area contributed by atoms with Crippen molar-refractivity contribution in [2.24, 2.45) is 5.92 Å². The second-order valence-electron chi connectivity index (χ2n) is 4.55. The molecule has 1 saturated carbocycles. The molecule has 15 heavy (non-hydrogen) atoms. The van der Waals surface area contributed by atoms with Gasteiger partial charge in [0.2, 0.25) is 0 Å². The van der Waals surface area contributed by atoms with Gasteiger partial charge in [-0.1, -0.05) is 6.92 Å². The van der Waals surface area contributed by atoms with Crippen LogP contribution < -0.4 is 5.32 Å². The molecule has 0 radical (unpaired) electrons. The van der Waals surface area contributed by atoms with Crippen molar-refractivity contribution in [1.82, 2.24) is 5.32 Å². The molecule has 2 aliphatic rings. The third-order valence-electron chi connectivity index (χ3n) is 3.33. The number of hydrogen-bond donors (Lipinski definition) is 1. The number of rotatable bonds is 0. The first-order chi connectivity index (χ1) is 6.97. The van der Waals surface area contributed by atoms with Crippen molar-refractivity contribution < 1.29 is 13.2 Å². The molecule has 0 bridgehead atoms. The average Bonchev–Trinajstić information content (AvgIpc) is 2.15. The van der Waals surface area contributed by atoms with Gasteiger partial charge in [0.25, 0.3) is 0 Å². The summed E-state index contributed by atoms with van der Waals surface area (Å²) in [4.78, 5) is 0. The maximum atomic E-state index is 12.6. The predicted molar refractivity (Wildman–Crippen MR) is 56.0 cm³/mol. The fourth-order valence-corrected chi connectivity index (χ4v) is 4.03. The van der Waals surface area contributed by atoms with E-state index < -0.39 is 12.1 Å². The highest BCUT2D eigenvalue weighted by Gasteiger charge is 2.46. The summed E-state index contributed by atoms with van der Waals surface area (Å²) in [7, 11) is 0. The van der Waals surface area contributed by atoms with E-state index in [9.17, 15) is 13.2 Å². The van der Waals surface area contributed by atoms with Crippen molar-refractivity contribution in [2.45, 2.75) is 48.9 Å². The van der Waals surface area contributed by atoms with E-state index in [1.807, 2.05) is 0 Å². The Morgan fingerprint density at radius 1 is 1.27 bits per heavy atom. The summed E-state index contributed by atoms with van der Waals surface area (Å²) in [6.07, 6.45) is -2.72. The summed E-state index contributed by atoms with van der Waals surface area (Å²) in [5.74, 6) is -1.07. The van der Waals surface area contributed by atoms with Gasteiger partial charge < -0.3 is 5.32 Å². The van der Waals surface area contributed by atoms with Gasteiger partial charge in [-0.15, -0.1) is 0 Å². The smallest absolute Gasteiger partial charge is 0.312 e.